The maximum Gasteiger partial charge on any atom is 0.280 e. The van der Waals surface area contributed by atoms with Crippen LogP contribution in [0.1, 0.15) is 46.0 Å². The number of nitrogens with one attached hydrogen (secondary N) is 1. The fourth-order valence-electron chi connectivity index (χ4n) is 3.03. The van der Waals surface area contributed by atoms with Gasteiger partial charge < -0.3 is 4.90 Å². The minimum absolute atomic E-state index is 0.0127. The second kappa shape index (κ2) is 7.07. The van der Waals surface area contributed by atoms with Crippen LogP contribution < -0.4 is 4.72 Å². The number of likely N-dealkylation sites (tertiary alicyclic amines) is 1. The first-order valence-corrected chi connectivity index (χ1v) is 9.45. The summed E-state index contributed by atoms with van der Waals surface area (Å²) in [6.45, 7) is 6.49. The number of rotatable bonds is 5. The van der Waals surface area contributed by atoms with Crippen molar-refractivity contribution in [3.63, 3.8) is 0 Å². The first-order valence-electron chi connectivity index (χ1n) is 8.01. The zero-order valence-electron chi connectivity index (χ0n) is 13.0. The third-order valence-corrected chi connectivity index (χ3v) is 6.05. The van der Waals surface area contributed by atoms with E-state index < -0.39 is 16.3 Å². The third-order valence-electron chi connectivity index (χ3n) is 4.43. The van der Waals surface area contributed by atoms with Gasteiger partial charge >= 0.3 is 0 Å². The minimum atomic E-state index is -3.53. The molecule has 1 unspecified atom stereocenters. The van der Waals surface area contributed by atoms with E-state index in [-0.39, 0.29) is 5.91 Å². The number of hydrogen-bond donors (Lipinski definition) is 1. The molecule has 0 aromatic rings. The van der Waals surface area contributed by atoms with Crippen LogP contribution in [0.15, 0.2) is 0 Å². The van der Waals surface area contributed by atoms with Gasteiger partial charge in [-0.2, -0.15) is 12.7 Å². The van der Waals surface area contributed by atoms with Crippen LogP contribution in [-0.2, 0) is 15.0 Å². The third kappa shape index (κ3) is 3.96. The maximum absolute atomic E-state index is 12.6. The largest absolute Gasteiger partial charge is 0.341 e. The van der Waals surface area contributed by atoms with Crippen LogP contribution in [0.2, 0.25) is 0 Å². The average molecular weight is 317 g/mol. The molecule has 0 saturated carbocycles. The summed E-state index contributed by atoms with van der Waals surface area (Å²) in [5.41, 5.74) is 0. The van der Waals surface area contributed by atoms with Gasteiger partial charge in [0, 0.05) is 26.2 Å². The van der Waals surface area contributed by atoms with Crippen molar-refractivity contribution in [3.05, 3.63) is 0 Å². The van der Waals surface area contributed by atoms with E-state index in [1.807, 2.05) is 11.8 Å². The van der Waals surface area contributed by atoms with Gasteiger partial charge in [0.2, 0.25) is 5.91 Å². The van der Waals surface area contributed by atoms with E-state index in [2.05, 4.69) is 11.6 Å². The van der Waals surface area contributed by atoms with Crippen molar-refractivity contribution in [2.75, 3.05) is 26.2 Å². The van der Waals surface area contributed by atoms with Crippen LogP contribution in [0.4, 0.5) is 0 Å². The van der Waals surface area contributed by atoms with Crippen molar-refractivity contribution >= 4 is 16.1 Å². The monoisotopic (exact) mass is 317 g/mol. The Hall–Kier alpha value is -0.660. The van der Waals surface area contributed by atoms with Gasteiger partial charge in [-0.25, -0.2) is 4.72 Å². The van der Waals surface area contributed by atoms with E-state index in [4.69, 9.17) is 0 Å². The molecule has 122 valence electrons. The van der Waals surface area contributed by atoms with Gasteiger partial charge in [0.1, 0.15) is 6.04 Å². The lowest BCUT2D eigenvalue weighted by molar-refractivity contribution is -0.136. The topological polar surface area (TPSA) is 69.7 Å². The summed E-state index contributed by atoms with van der Waals surface area (Å²) in [4.78, 5) is 14.5. The van der Waals surface area contributed by atoms with Gasteiger partial charge in [-0.1, -0.05) is 13.8 Å². The van der Waals surface area contributed by atoms with E-state index in [0.717, 1.165) is 38.8 Å². The Morgan fingerprint density at radius 3 is 2.48 bits per heavy atom. The fraction of sp³-hybridized carbons (Fsp3) is 0.929. The summed E-state index contributed by atoms with van der Waals surface area (Å²) < 4.78 is 28.5. The Morgan fingerprint density at radius 1 is 1.19 bits per heavy atom. The van der Waals surface area contributed by atoms with Crippen molar-refractivity contribution in [3.8, 4) is 0 Å². The van der Waals surface area contributed by atoms with Gasteiger partial charge in [0.05, 0.1) is 0 Å². The molecule has 21 heavy (non-hydrogen) atoms. The predicted molar refractivity (Wildman–Crippen MR) is 81.9 cm³/mol. The summed E-state index contributed by atoms with van der Waals surface area (Å²) in [5.74, 6) is 0.643. The highest BCUT2D eigenvalue weighted by molar-refractivity contribution is 7.87. The molecule has 2 aliphatic heterocycles. The molecular weight excluding hydrogens is 290 g/mol. The molecule has 0 radical (unpaired) electrons. The average Bonchev–Trinajstić information content (AvgIpc) is 2.95. The highest BCUT2D eigenvalue weighted by Crippen LogP contribution is 2.24. The lowest BCUT2D eigenvalue weighted by Crippen LogP contribution is -2.52. The summed E-state index contributed by atoms with van der Waals surface area (Å²) >= 11 is 0. The standard InChI is InChI=1S/C14H27N3O3S/c1-3-8-15-21(19,20)17-9-4-5-13(17)14(18)16-10-6-12(2)7-11-16/h12-13,15H,3-11H2,1-2H3. The molecule has 1 amide bonds. The molecule has 2 saturated heterocycles. The number of carbonyl (C=O) groups excluding carboxylic acids is 1. The molecule has 2 fully saturated rings. The fourth-order valence-corrected chi connectivity index (χ4v) is 4.56. The van der Waals surface area contributed by atoms with Gasteiger partial charge in [-0.15, -0.1) is 0 Å². The van der Waals surface area contributed by atoms with Gasteiger partial charge in [-0.3, -0.25) is 4.79 Å². The highest BCUT2D eigenvalue weighted by Gasteiger charge is 2.40. The van der Waals surface area contributed by atoms with E-state index >= 15 is 0 Å². The van der Waals surface area contributed by atoms with E-state index in [1.54, 1.807) is 0 Å². The van der Waals surface area contributed by atoms with Crippen molar-refractivity contribution in [1.82, 2.24) is 13.9 Å². The molecule has 2 rings (SSSR count). The van der Waals surface area contributed by atoms with Crippen molar-refractivity contribution in [2.24, 2.45) is 5.92 Å². The molecule has 1 N–H and O–H groups in total. The van der Waals surface area contributed by atoms with Crippen molar-refractivity contribution in [1.29, 1.82) is 0 Å². The number of nitrogens with zero attached hydrogens (tertiary/aromatic N) is 2. The summed E-state index contributed by atoms with van der Waals surface area (Å²) in [6.07, 6.45) is 4.17. The van der Waals surface area contributed by atoms with Gasteiger partial charge in [0.15, 0.2) is 0 Å². The predicted octanol–water partition coefficient (Wildman–Crippen LogP) is 0.954. The molecule has 7 heteroatoms. The number of piperidine rings is 1. The Balaban J connectivity index is 2.02. The summed E-state index contributed by atoms with van der Waals surface area (Å²) in [7, 11) is -3.53. The smallest absolute Gasteiger partial charge is 0.280 e. The van der Waals surface area contributed by atoms with Crippen LogP contribution in [0.25, 0.3) is 0 Å². The van der Waals surface area contributed by atoms with Crippen LogP contribution in [-0.4, -0.2) is 55.8 Å². The van der Waals surface area contributed by atoms with E-state index in [0.29, 0.717) is 25.4 Å². The SMILES string of the molecule is CCCNS(=O)(=O)N1CCCC1C(=O)N1CCC(C)CC1. The number of amides is 1. The molecule has 2 heterocycles. The Labute approximate surface area is 128 Å². The minimum Gasteiger partial charge on any atom is -0.341 e. The molecule has 0 spiro atoms. The molecule has 0 aliphatic carbocycles. The molecule has 0 bridgehead atoms. The van der Waals surface area contributed by atoms with Crippen LogP contribution in [0, 0.1) is 5.92 Å². The zero-order chi connectivity index (χ0) is 15.5. The molecule has 1 atom stereocenters. The normalized spacial score (nSPS) is 25.4. The van der Waals surface area contributed by atoms with Gasteiger partial charge in [-0.05, 0) is 38.0 Å². The van der Waals surface area contributed by atoms with Gasteiger partial charge in [0.25, 0.3) is 10.2 Å². The van der Waals surface area contributed by atoms with Crippen LogP contribution in [0.3, 0.4) is 0 Å². The quantitative estimate of drug-likeness (QED) is 0.821. The Kier molecular flexibility index (Phi) is 5.62. The zero-order valence-corrected chi connectivity index (χ0v) is 13.9. The van der Waals surface area contributed by atoms with E-state index in [1.165, 1.54) is 4.31 Å². The van der Waals surface area contributed by atoms with E-state index in [9.17, 15) is 13.2 Å². The molecule has 6 nitrogen and oxygen atoms in total. The van der Waals surface area contributed by atoms with Crippen LogP contribution in [0.5, 0.6) is 0 Å². The number of carbonyl (C=O) groups is 1. The molecule has 0 aromatic carbocycles. The first-order chi connectivity index (χ1) is 9.95. The van der Waals surface area contributed by atoms with Crippen LogP contribution >= 0.6 is 0 Å². The van der Waals surface area contributed by atoms with Crippen molar-refractivity contribution < 1.29 is 13.2 Å². The molecule has 0 aromatic heterocycles. The molecular formula is C14H27N3O3S. The first kappa shape index (κ1) is 16.7. The lowest BCUT2D eigenvalue weighted by Gasteiger charge is -2.34. The second-order valence-corrected chi connectivity index (χ2v) is 7.88. The summed E-state index contributed by atoms with van der Waals surface area (Å²) in [5, 5.41) is 0. The Bertz CT molecular complexity index is 458. The Morgan fingerprint density at radius 2 is 1.86 bits per heavy atom. The maximum atomic E-state index is 12.6. The number of hydrogen-bond acceptors (Lipinski definition) is 3. The molecule has 2 aliphatic rings. The van der Waals surface area contributed by atoms with Crippen molar-refractivity contribution in [2.45, 2.75) is 52.0 Å². The highest BCUT2D eigenvalue weighted by atomic mass is 32.2. The lowest BCUT2D eigenvalue weighted by atomic mass is 9.98. The summed E-state index contributed by atoms with van der Waals surface area (Å²) in [6, 6.07) is -0.507. The second-order valence-electron chi connectivity index (χ2n) is 6.18.